The summed E-state index contributed by atoms with van der Waals surface area (Å²) in [5, 5.41) is 0.297. The van der Waals surface area contributed by atoms with E-state index in [0.717, 1.165) is 5.56 Å². The summed E-state index contributed by atoms with van der Waals surface area (Å²) in [6.45, 7) is 0. The fraction of sp³-hybridized carbons (Fsp3) is 0.143. The maximum Gasteiger partial charge on any atom is 0.129 e. The van der Waals surface area contributed by atoms with Gasteiger partial charge in [-0.2, -0.15) is 0 Å². The van der Waals surface area contributed by atoms with Crippen LogP contribution in [-0.2, 0) is 6.42 Å². The van der Waals surface area contributed by atoms with Crippen LogP contribution in [0.15, 0.2) is 40.9 Å². The Bertz CT molecular complexity index is 584. The molecule has 2 N–H and O–H groups in total. The molecule has 2 rings (SSSR count). The molecule has 0 saturated carbocycles. The van der Waals surface area contributed by atoms with Crippen LogP contribution in [0.3, 0.4) is 0 Å². The smallest absolute Gasteiger partial charge is 0.129 e. The quantitative estimate of drug-likeness (QED) is 0.862. The van der Waals surface area contributed by atoms with E-state index in [2.05, 4.69) is 15.9 Å². The lowest BCUT2D eigenvalue weighted by Crippen LogP contribution is -2.16. The van der Waals surface area contributed by atoms with Crippen molar-refractivity contribution < 1.29 is 8.78 Å². The summed E-state index contributed by atoms with van der Waals surface area (Å²) in [4.78, 5) is 0. The second kappa shape index (κ2) is 5.99. The Morgan fingerprint density at radius 3 is 2.58 bits per heavy atom. The van der Waals surface area contributed by atoms with Crippen molar-refractivity contribution in [3.8, 4) is 0 Å². The maximum absolute atomic E-state index is 13.7. The average molecular weight is 347 g/mol. The van der Waals surface area contributed by atoms with Crippen LogP contribution in [0.4, 0.5) is 8.78 Å². The van der Waals surface area contributed by atoms with Gasteiger partial charge in [0, 0.05) is 21.1 Å². The van der Waals surface area contributed by atoms with Crippen molar-refractivity contribution in [3.63, 3.8) is 0 Å². The number of nitrogens with two attached hydrogens (primary N) is 1. The monoisotopic (exact) mass is 345 g/mol. The van der Waals surface area contributed by atoms with Gasteiger partial charge < -0.3 is 5.73 Å². The third kappa shape index (κ3) is 3.32. The van der Waals surface area contributed by atoms with Gasteiger partial charge in [0.1, 0.15) is 11.6 Å². The van der Waals surface area contributed by atoms with Gasteiger partial charge in [0.05, 0.1) is 0 Å². The summed E-state index contributed by atoms with van der Waals surface area (Å²) in [7, 11) is 0. The first-order valence-corrected chi connectivity index (χ1v) is 6.79. The van der Waals surface area contributed by atoms with Gasteiger partial charge in [-0.3, -0.25) is 0 Å². The molecule has 0 radical (unpaired) electrons. The van der Waals surface area contributed by atoms with Crippen LogP contribution in [0.5, 0.6) is 0 Å². The van der Waals surface area contributed by atoms with Gasteiger partial charge in [-0.1, -0.05) is 39.7 Å². The van der Waals surface area contributed by atoms with E-state index in [4.69, 9.17) is 17.3 Å². The van der Waals surface area contributed by atoms with Crippen LogP contribution in [0.2, 0.25) is 5.02 Å². The van der Waals surface area contributed by atoms with Gasteiger partial charge in [-0.25, -0.2) is 8.78 Å². The molecule has 0 aliphatic rings. The van der Waals surface area contributed by atoms with E-state index in [1.807, 2.05) is 0 Å². The molecule has 0 aliphatic heterocycles. The largest absolute Gasteiger partial charge is 0.324 e. The molecule has 0 bridgehead atoms. The van der Waals surface area contributed by atoms with Crippen LogP contribution in [0.25, 0.3) is 0 Å². The predicted octanol–water partition coefficient (Wildman–Crippen LogP) is 4.62. The number of rotatable bonds is 3. The molecule has 1 nitrogen and oxygen atoms in total. The number of hydrogen-bond acceptors (Lipinski definition) is 1. The first kappa shape index (κ1) is 14.4. The number of hydrogen-bond donors (Lipinski definition) is 1. The van der Waals surface area contributed by atoms with E-state index in [-0.39, 0.29) is 11.4 Å². The second-order valence-corrected chi connectivity index (χ2v) is 5.44. The predicted molar refractivity (Wildman–Crippen MR) is 76.1 cm³/mol. The minimum atomic E-state index is -0.588. The molecule has 5 heteroatoms. The van der Waals surface area contributed by atoms with Gasteiger partial charge >= 0.3 is 0 Å². The van der Waals surface area contributed by atoms with E-state index in [0.29, 0.717) is 15.9 Å². The highest BCUT2D eigenvalue weighted by Gasteiger charge is 2.16. The Kier molecular flexibility index (Phi) is 4.55. The van der Waals surface area contributed by atoms with Crippen molar-refractivity contribution in [1.82, 2.24) is 0 Å². The SMILES string of the molecule is NC(Cc1ccc(F)cc1Br)c1c(F)cccc1Cl. The highest BCUT2D eigenvalue weighted by Crippen LogP contribution is 2.29. The van der Waals surface area contributed by atoms with Gasteiger partial charge in [0.15, 0.2) is 0 Å². The molecule has 0 fully saturated rings. The summed E-state index contributed by atoms with van der Waals surface area (Å²) < 4.78 is 27.3. The zero-order valence-corrected chi connectivity index (χ0v) is 12.2. The zero-order chi connectivity index (χ0) is 14.0. The van der Waals surface area contributed by atoms with E-state index in [1.54, 1.807) is 12.1 Å². The minimum Gasteiger partial charge on any atom is -0.324 e. The summed E-state index contributed by atoms with van der Waals surface area (Å²) in [6, 6.07) is 8.17. The van der Waals surface area contributed by atoms with Crippen LogP contribution >= 0.6 is 27.5 Å². The summed E-state index contributed by atoms with van der Waals surface area (Å²) in [5.41, 5.74) is 7.07. The summed E-state index contributed by atoms with van der Waals surface area (Å²) in [5.74, 6) is -0.772. The molecule has 0 aromatic heterocycles. The standard InChI is InChI=1S/C14H11BrClF2N/c15-10-7-9(17)5-4-8(10)6-13(19)14-11(16)2-1-3-12(14)18/h1-5,7,13H,6,19H2. The number of benzene rings is 2. The topological polar surface area (TPSA) is 26.0 Å². The lowest BCUT2D eigenvalue weighted by molar-refractivity contribution is 0.579. The third-order valence-electron chi connectivity index (χ3n) is 2.83. The third-order valence-corrected chi connectivity index (χ3v) is 3.89. The summed E-state index contributed by atoms with van der Waals surface area (Å²) in [6.07, 6.45) is 0.363. The Morgan fingerprint density at radius 1 is 1.21 bits per heavy atom. The second-order valence-electron chi connectivity index (χ2n) is 4.18. The lowest BCUT2D eigenvalue weighted by atomic mass is 9.99. The van der Waals surface area contributed by atoms with Crippen molar-refractivity contribution in [3.05, 3.63) is 68.7 Å². The van der Waals surface area contributed by atoms with Gasteiger partial charge in [-0.15, -0.1) is 0 Å². The number of halogens is 4. The molecule has 0 saturated heterocycles. The van der Waals surface area contributed by atoms with Crippen LogP contribution in [0, 0.1) is 11.6 Å². The highest BCUT2D eigenvalue weighted by molar-refractivity contribution is 9.10. The zero-order valence-electron chi connectivity index (χ0n) is 9.84. The first-order valence-electron chi connectivity index (χ1n) is 5.62. The average Bonchev–Trinajstić information content (AvgIpc) is 2.32. The van der Waals surface area contributed by atoms with Crippen molar-refractivity contribution in [2.45, 2.75) is 12.5 Å². The Labute approximate surface area is 123 Å². The molecule has 0 heterocycles. The van der Waals surface area contributed by atoms with Crippen LogP contribution in [-0.4, -0.2) is 0 Å². The van der Waals surface area contributed by atoms with Crippen molar-refractivity contribution in [1.29, 1.82) is 0 Å². The molecule has 19 heavy (non-hydrogen) atoms. The molecule has 0 aliphatic carbocycles. The highest BCUT2D eigenvalue weighted by atomic mass is 79.9. The lowest BCUT2D eigenvalue weighted by Gasteiger charge is -2.15. The normalized spacial score (nSPS) is 12.5. The van der Waals surface area contributed by atoms with Crippen molar-refractivity contribution in [2.24, 2.45) is 5.73 Å². The van der Waals surface area contributed by atoms with Crippen LogP contribution < -0.4 is 5.73 Å². The first-order chi connectivity index (χ1) is 8.99. The minimum absolute atomic E-state index is 0.278. The fourth-order valence-corrected chi connectivity index (χ4v) is 2.71. The fourth-order valence-electron chi connectivity index (χ4n) is 1.89. The van der Waals surface area contributed by atoms with Gasteiger partial charge in [-0.05, 0) is 36.2 Å². The molecule has 2 aromatic carbocycles. The molecule has 1 unspecified atom stereocenters. The molecule has 0 amide bonds. The Morgan fingerprint density at radius 2 is 1.95 bits per heavy atom. The Hall–Kier alpha value is -0.970. The molecule has 2 aromatic rings. The van der Waals surface area contributed by atoms with Crippen molar-refractivity contribution >= 4 is 27.5 Å². The Balaban J connectivity index is 2.28. The van der Waals surface area contributed by atoms with E-state index in [1.165, 1.54) is 24.3 Å². The van der Waals surface area contributed by atoms with Crippen molar-refractivity contribution in [2.75, 3.05) is 0 Å². The summed E-state index contributed by atoms with van der Waals surface area (Å²) >= 11 is 9.23. The van der Waals surface area contributed by atoms with E-state index < -0.39 is 11.9 Å². The maximum atomic E-state index is 13.7. The molecular formula is C14H11BrClF2N. The van der Waals surface area contributed by atoms with Gasteiger partial charge in [0.25, 0.3) is 0 Å². The molecule has 100 valence electrons. The van der Waals surface area contributed by atoms with E-state index in [9.17, 15) is 8.78 Å². The van der Waals surface area contributed by atoms with E-state index >= 15 is 0 Å². The molecule has 0 spiro atoms. The molecule has 1 atom stereocenters. The molecular weight excluding hydrogens is 336 g/mol. The van der Waals surface area contributed by atoms with Gasteiger partial charge in [0.2, 0.25) is 0 Å². The van der Waals surface area contributed by atoms with Crippen LogP contribution in [0.1, 0.15) is 17.2 Å².